The van der Waals surface area contributed by atoms with Crippen molar-refractivity contribution in [1.82, 2.24) is 4.98 Å². The van der Waals surface area contributed by atoms with E-state index in [0.29, 0.717) is 0 Å². The molecular formula is C14H24N2OS. The van der Waals surface area contributed by atoms with Crippen molar-refractivity contribution in [3.8, 4) is 0 Å². The zero-order valence-electron chi connectivity index (χ0n) is 11.9. The minimum atomic E-state index is 0.00409. The van der Waals surface area contributed by atoms with Crippen LogP contribution >= 0.6 is 11.3 Å². The van der Waals surface area contributed by atoms with E-state index in [-0.39, 0.29) is 12.0 Å². The molecule has 3 nitrogen and oxygen atoms in total. The number of thiazole rings is 1. The molecule has 102 valence electrons. The Morgan fingerprint density at radius 3 is 2.44 bits per heavy atom. The first-order valence-electron chi connectivity index (χ1n) is 6.74. The molecule has 1 saturated carbocycles. The fraction of sp³-hybridized carbons (Fsp3) is 0.786. The van der Waals surface area contributed by atoms with E-state index in [0.717, 1.165) is 28.2 Å². The van der Waals surface area contributed by atoms with Crippen LogP contribution in [0.5, 0.6) is 0 Å². The number of aliphatic hydroxyl groups is 1. The van der Waals surface area contributed by atoms with Crippen LogP contribution in [0.25, 0.3) is 0 Å². The van der Waals surface area contributed by atoms with E-state index in [1.807, 2.05) is 0 Å². The summed E-state index contributed by atoms with van der Waals surface area (Å²) in [5.41, 5.74) is 1.05. The van der Waals surface area contributed by atoms with Crippen LogP contribution < -0.4 is 4.90 Å². The fourth-order valence-electron chi connectivity index (χ4n) is 2.34. The highest BCUT2D eigenvalue weighted by atomic mass is 32.1. The summed E-state index contributed by atoms with van der Waals surface area (Å²) in [7, 11) is 2.12. The Kier molecular flexibility index (Phi) is 3.97. The molecule has 1 aliphatic carbocycles. The van der Waals surface area contributed by atoms with Crippen molar-refractivity contribution in [3.63, 3.8) is 0 Å². The summed E-state index contributed by atoms with van der Waals surface area (Å²) in [6, 6.07) is 0. The number of aliphatic hydroxyl groups excluding tert-OH is 1. The maximum atomic E-state index is 9.47. The fourth-order valence-corrected chi connectivity index (χ4v) is 3.44. The lowest BCUT2D eigenvalue weighted by Gasteiger charge is -2.29. The van der Waals surface area contributed by atoms with Crippen LogP contribution in [-0.2, 0) is 12.0 Å². The van der Waals surface area contributed by atoms with Gasteiger partial charge in [-0.1, -0.05) is 38.5 Å². The summed E-state index contributed by atoms with van der Waals surface area (Å²) in [5.74, 6) is 0.842. The molecule has 0 spiro atoms. The lowest BCUT2D eigenvalue weighted by atomic mass is 9.85. The number of nitrogens with zero attached hydrogens (tertiary/aromatic N) is 2. The third-order valence-corrected chi connectivity index (χ3v) is 4.78. The number of aromatic nitrogens is 1. The van der Waals surface area contributed by atoms with Gasteiger partial charge in [0.25, 0.3) is 0 Å². The monoisotopic (exact) mass is 268 g/mol. The Morgan fingerprint density at radius 2 is 2.06 bits per heavy atom. The maximum Gasteiger partial charge on any atom is 0.185 e. The summed E-state index contributed by atoms with van der Waals surface area (Å²) in [5, 5.41) is 10.5. The topological polar surface area (TPSA) is 36.4 Å². The lowest BCUT2D eigenvalue weighted by Crippen LogP contribution is -2.29. The molecule has 2 rings (SSSR count). The Labute approximate surface area is 114 Å². The van der Waals surface area contributed by atoms with Crippen molar-refractivity contribution >= 4 is 16.5 Å². The van der Waals surface area contributed by atoms with Crippen LogP contribution in [0.4, 0.5) is 5.13 Å². The van der Waals surface area contributed by atoms with Gasteiger partial charge in [-0.05, 0) is 18.8 Å². The molecule has 1 N–H and O–H groups in total. The second-order valence-electron chi connectivity index (χ2n) is 6.35. The quantitative estimate of drug-likeness (QED) is 0.911. The van der Waals surface area contributed by atoms with Crippen LogP contribution in [-0.4, -0.2) is 23.7 Å². The van der Waals surface area contributed by atoms with Gasteiger partial charge in [0.1, 0.15) is 0 Å². The smallest absolute Gasteiger partial charge is 0.185 e. The first-order valence-corrected chi connectivity index (χ1v) is 7.55. The molecule has 0 unspecified atom stereocenters. The maximum absolute atomic E-state index is 9.47. The molecule has 1 heterocycles. The molecule has 4 heteroatoms. The second kappa shape index (κ2) is 5.17. The summed E-state index contributed by atoms with van der Waals surface area (Å²) in [6.07, 6.45) is 4.09. The van der Waals surface area contributed by atoms with Gasteiger partial charge >= 0.3 is 0 Å². The highest BCUT2D eigenvalue weighted by molar-refractivity contribution is 7.15. The molecule has 1 fully saturated rings. The zero-order valence-corrected chi connectivity index (χ0v) is 12.7. The van der Waals surface area contributed by atoms with Gasteiger partial charge in [0.15, 0.2) is 5.13 Å². The van der Waals surface area contributed by atoms with Crippen molar-refractivity contribution in [1.29, 1.82) is 0 Å². The van der Waals surface area contributed by atoms with E-state index < -0.39 is 0 Å². The van der Waals surface area contributed by atoms with Gasteiger partial charge in [-0.15, -0.1) is 0 Å². The largest absolute Gasteiger partial charge is 0.391 e. The standard InChI is InChI=1S/C14H24N2OS/c1-14(2,3)12-11(9-17)18-13(15-12)16(4)8-10-6-5-7-10/h10,17H,5-9H2,1-4H3. The summed E-state index contributed by atoms with van der Waals surface area (Å²) < 4.78 is 0. The number of hydrogen-bond donors (Lipinski definition) is 1. The van der Waals surface area contributed by atoms with Crippen molar-refractivity contribution in [2.24, 2.45) is 5.92 Å². The van der Waals surface area contributed by atoms with E-state index >= 15 is 0 Å². The molecule has 0 radical (unpaired) electrons. The van der Waals surface area contributed by atoms with Crippen LogP contribution in [0.2, 0.25) is 0 Å². The SMILES string of the molecule is CN(CC1CCC1)c1nc(C(C)(C)C)c(CO)s1. The number of anilines is 1. The van der Waals surface area contributed by atoms with Crippen LogP contribution in [0.15, 0.2) is 0 Å². The third-order valence-electron chi connectivity index (χ3n) is 3.62. The number of rotatable bonds is 4. The van der Waals surface area contributed by atoms with Gasteiger partial charge in [0.2, 0.25) is 0 Å². The number of hydrogen-bond acceptors (Lipinski definition) is 4. The highest BCUT2D eigenvalue weighted by Crippen LogP contribution is 2.35. The molecule has 0 aromatic carbocycles. The van der Waals surface area contributed by atoms with Gasteiger partial charge in [-0.2, -0.15) is 0 Å². The molecule has 0 saturated heterocycles. The van der Waals surface area contributed by atoms with Crippen molar-refractivity contribution in [2.75, 3.05) is 18.5 Å². The molecule has 1 aliphatic rings. The summed E-state index contributed by atoms with van der Waals surface area (Å²) in [4.78, 5) is 8.01. The van der Waals surface area contributed by atoms with E-state index in [1.165, 1.54) is 19.3 Å². The van der Waals surface area contributed by atoms with Crippen molar-refractivity contribution < 1.29 is 5.11 Å². The molecule has 1 aromatic heterocycles. The van der Waals surface area contributed by atoms with Gasteiger partial charge < -0.3 is 10.0 Å². The molecule has 0 aliphatic heterocycles. The van der Waals surface area contributed by atoms with Gasteiger partial charge in [0, 0.05) is 19.0 Å². The first-order chi connectivity index (χ1) is 8.41. The second-order valence-corrected chi connectivity index (χ2v) is 7.42. The molecule has 0 bridgehead atoms. The molecule has 0 atom stereocenters. The predicted octanol–water partition coefficient (Wildman–Crippen LogP) is 3.17. The average molecular weight is 268 g/mol. The normalized spacial score (nSPS) is 16.7. The van der Waals surface area contributed by atoms with E-state index in [9.17, 15) is 5.11 Å². The Morgan fingerprint density at radius 1 is 1.39 bits per heavy atom. The molecule has 1 aromatic rings. The van der Waals surface area contributed by atoms with Crippen molar-refractivity contribution in [3.05, 3.63) is 10.6 Å². The Hall–Kier alpha value is -0.610. The van der Waals surface area contributed by atoms with Crippen LogP contribution in [0, 0.1) is 5.92 Å². The Balaban J connectivity index is 2.15. The minimum Gasteiger partial charge on any atom is -0.391 e. The van der Waals surface area contributed by atoms with Crippen molar-refractivity contribution in [2.45, 2.75) is 52.1 Å². The van der Waals surface area contributed by atoms with Crippen LogP contribution in [0.1, 0.15) is 50.6 Å². The van der Waals surface area contributed by atoms with E-state index in [2.05, 4.69) is 32.7 Å². The predicted molar refractivity (Wildman–Crippen MR) is 77.3 cm³/mol. The minimum absolute atomic E-state index is 0.00409. The average Bonchev–Trinajstić information content (AvgIpc) is 2.66. The molecule has 18 heavy (non-hydrogen) atoms. The molecular weight excluding hydrogens is 244 g/mol. The van der Waals surface area contributed by atoms with Gasteiger partial charge in [0.05, 0.1) is 17.2 Å². The first kappa shape index (κ1) is 13.8. The van der Waals surface area contributed by atoms with Gasteiger partial charge in [-0.25, -0.2) is 4.98 Å². The highest BCUT2D eigenvalue weighted by Gasteiger charge is 2.25. The Bertz CT molecular complexity index is 404. The lowest BCUT2D eigenvalue weighted by molar-refractivity contribution is 0.282. The summed E-state index contributed by atoms with van der Waals surface area (Å²) >= 11 is 1.64. The zero-order chi connectivity index (χ0) is 13.3. The summed E-state index contributed by atoms with van der Waals surface area (Å²) in [6.45, 7) is 7.65. The molecule has 0 amide bonds. The van der Waals surface area contributed by atoms with E-state index in [4.69, 9.17) is 4.98 Å². The van der Waals surface area contributed by atoms with Gasteiger partial charge in [-0.3, -0.25) is 0 Å². The third kappa shape index (κ3) is 2.86. The van der Waals surface area contributed by atoms with E-state index in [1.54, 1.807) is 11.3 Å². The van der Waals surface area contributed by atoms with Crippen LogP contribution in [0.3, 0.4) is 0 Å².